The van der Waals surface area contributed by atoms with Crippen LogP contribution in [0, 0.1) is 0 Å². The predicted octanol–water partition coefficient (Wildman–Crippen LogP) is 3.22. The average Bonchev–Trinajstić information content (AvgIpc) is 2.34. The molecular weight excluding hydrogens is 230 g/mol. The monoisotopic (exact) mass is 253 g/mol. The highest BCUT2D eigenvalue weighted by atomic mass is 32.2. The van der Waals surface area contributed by atoms with Crippen LogP contribution in [0.25, 0.3) is 0 Å². The number of thioether (sulfide) groups is 1. The molecule has 1 aromatic carbocycles. The molecule has 0 saturated heterocycles. The average molecular weight is 253 g/mol. The fourth-order valence-electron chi connectivity index (χ4n) is 1.73. The molecule has 3 heteroatoms. The van der Waals surface area contributed by atoms with Crippen LogP contribution < -0.4 is 5.32 Å². The molecule has 0 saturated carbocycles. The molecule has 2 N–H and O–H groups in total. The topological polar surface area (TPSA) is 32.3 Å². The van der Waals surface area contributed by atoms with Gasteiger partial charge in [-0.1, -0.05) is 12.1 Å². The van der Waals surface area contributed by atoms with Crippen molar-refractivity contribution in [2.75, 3.05) is 12.8 Å². The largest absolute Gasteiger partial charge is 0.393 e. The molecule has 0 aromatic heterocycles. The predicted molar refractivity (Wildman–Crippen MR) is 75.6 cm³/mol. The summed E-state index contributed by atoms with van der Waals surface area (Å²) in [7, 11) is 0. The van der Waals surface area contributed by atoms with Crippen molar-refractivity contribution < 1.29 is 5.11 Å². The third kappa shape index (κ3) is 5.57. The zero-order valence-corrected chi connectivity index (χ0v) is 11.8. The summed E-state index contributed by atoms with van der Waals surface area (Å²) in [6.07, 6.45) is 3.79. The molecule has 96 valence electrons. The van der Waals surface area contributed by atoms with Crippen molar-refractivity contribution in [1.82, 2.24) is 5.32 Å². The van der Waals surface area contributed by atoms with Crippen LogP contribution in [0.1, 0.15) is 38.3 Å². The van der Waals surface area contributed by atoms with Gasteiger partial charge >= 0.3 is 0 Å². The van der Waals surface area contributed by atoms with Crippen molar-refractivity contribution in [3.63, 3.8) is 0 Å². The van der Waals surface area contributed by atoms with Gasteiger partial charge in [-0.25, -0.2) is 0 Å². The quantitative estimate of drug-likeness (QED) is 0.578. The van der Waals surface area contributed by atoms with Crippen LogP contribution in [0.5, 0.6) is 0 Å². The summed E-state index contributed by atoms with van der Waals surface area (Å²) in [5.41, 5.74) is 1.32. The van der Waals surface area contributed by atoms with Gasteiger partial charge in [0, 0.05) is 10.9 Å². The molecular formula is C14H23NOS. The first kappa shape index (κ1) is 14.6. The Balaban J connectivity index is 2.33. The molecule has 2 nitrogen and oxygen atoms in total. The number of hydrogen-bond acceptors (Lipinski definition) is 3. The van der Waals surface area contributed by atoms with Gasteiger partial charge in [-0.15, -0.1) is 11.8 Å². The van der Waals surface area contributed by atoms with Gasteiger partial charge in [0.1, 0.15) is 0 Å². The Bertz CT molecular complexity index is 311. The zero-order chi connectivity index (χ0) is 12.7. The number of aliphatic hydroxyl groups excluding tert-OH is 1. The Morgan fingerprint density at radius 3 is 2.41 bits per heavy atom. The number of hydrogen-bond donors (Lipinski definition) is 2. The summed E-state index contributed by atoms with van der Waals surface area (Å²) in [6.45, 7) is 4.97. The van der Waals surface area contributed by atoms with Crippen LogP contribution in [-0.4, -0.2) is 24.0 Å². The zero-order valence-electron chi connectivity index (χ0n) is 10.9. The molecule has 0 spiro atoms. The van der Waals surface area contributed by atoms with E-state index in [0.717, 1.165) is 19.4 Å². The molecule has 0 aliphatic heterocycles. The lowest BCUT2D eigenvalue weighted by Gasteiger charge is -2.15. The van der Waals surface area contributed by atoms with E-state index in [1.165, 1.54) is 10.5 Å². The second-order valence-corrected chi connectivity index (χ2v) is 5.32. The van der Waals surface area contributed by atoms with Crippen molar-refractivity contribution in [3.8, 4) is 0 Å². The molecule has 17 heavy (non-hydrogen) atoms. The molecule has 0 bridgehead atoms. The van der Waals surface area contributed by atoms with Gasteiger partial charge in [0.15, 0.2) is 0 Å². The van der Waals surface area contributed by atoms with Crippen molar-refractivity contribution >= 4 is 11.8 Å². The van der Waals surface area contributed by atoms with Gasteiger partial charge in [0.2, 0.25) is 0 Å². The third-order valence-electron chi connectivity index (χ3n) is 2.87. The van der Waals surface area contributed by atoms with Crippen LogP contribution in [-0.2, 0) is 0 Å². The van der Waals surface area contributed by atoms with Crippen molar-refractivity contribution in [1.29, 1.82) is 0 Å². The second-order valence-electron chi connectivity index (χ2n) is 4.44. The third-order valence-corrected chi connectivity index (χ3v) is 3.61. The number of benzene rings is 1. The summed E-state index contributed by atoms with van der Waals surface area (Å²) in [6, 6.07) is 9.05. The fourth-order valence-corrected chi connectivity index (χ4v) is 2.13. The molecule has 1 rings (SSSR count). The minimum Gasteiger partial charge on any atom is -0.393 e. The van der Waals surface area contributed by atoms with Crippen LogP contribution in [0.2, 0.25) is 0 Å². The number of aliphatic hydroxyl groups is 1. The Morgan fingerprint density at radius 1 is 1.24 bits per heavy atom. The van der Waals surface area contributed by atoms with E-state index < -0.39 is 0 Å². The first-order chi connectivity index (χ1) is 8.13. The van der Waals surface area contributed by atoms with Crippen LogP contribution in [0.4, 0.5) is 0 Å². The summed E-state index contributed by atoms with van der Waals surface area (Å²) in [5.74, 6) is 0. The van der Waals surface area contributed by atoms with E-state index >= 15 is 0 Å². The van der Waals surface area contributed by atoms with E-state index in [4.69, 9.17) is 5.11 Å². The Labute approximate surface area is 109 Å². The molecule has 0 aliphatic rings. The standard InChI is InChI=1S/C14H23NOS/c1-11(16)5-4-10-15-12(2)13-6-8-14(17-3)9-7-13/h6-9,11-12,15-16H,4-5,10H2,1-3H3. The second kappa shape index (κ2) is 7.75. The Kier molecular flexibility index (Phi) is 6.63. The van der Waals surface area contributed by atoms with E-state index in [1.807, 2.05) is 6.92 Å². The van der Waals surface area contributed by atoms with Gasteiger partial charge in [-0.2, -0.15) is 0 Å². The first-order valence-electron chi connectivity index (χ1n) is 6.19. The summed E-state index contributed by atoms with van der Waals surface area (Å²) in [4.78, 5) is 1.30. The highest BCUT2D eigenvalue weighted by Crippen LogP contribution is 2.18. The lowest BCUT2D eigenvalue weighted by atomic mass is 10.1. The van der Waals surface area contributed by atoms with Crippen molar-refractivity contribution in [2.45, 2.75) is 43.7 Å². The fraction of sp³-hybridized carbons (Fsp3) is 0.571. The van der Waals surface area contributed by atoms with Gasteiger partial charge in [0.25, 0.3) is 0 Å². The molecule has 2 unspecified atom stereocenters. The normalized spacial score (nSPS) is 14.6. The lowest BCUT2D eigenvalue weighted by molar-refractivity contribution is 0.181. The Hall–Kier alpha value is -0.510. The summed E-state index contributed by atoms with van der Waals surface area (Å²) >= 11 is 1.77. The highest BCUT2D eigenvalue weighted by molar-refractivity contribution is 7.98. The molecule has 0 aliphatic carbocycles. The van der Waals surface area contributed by atoms with Crippen LogP contribution >= 0.6 is 11.8 Å². The minimum absolute atomic E-state index is 0.187. The number of rotatable bonds is 7. The molecule has 2 atom stereocenters. The molecule has 0 amide bonds. The summed E-state index contributed by atoms with van der Waals surface area (Å²) in [5, 5.41) is 12.6. The maximum Gasteiger partial charge on any atom is 0.0512 e. The maximum absolute atomic E-state index is 9.16. The number of nitrogens with one attached hydrogen (secondary N) is 1. The SMILES string of the molecule is CSc1ccc(C(C)NCCCC(C)O)cc1. The van der Waals surface area contributed by atoms with E-state index in [9.17, 15) is 0 Å². The minimum atomic E-state index is -0.187. The van der Waals surface area contributed by atoms with Crippen LogP contribution in [0.3, 0.4) is 0 Å². The molecule has 0 radical (unpaired) electrons. The van der Waals surface area contributed by atoms with E-state index in [-0.39, 0.29) is 6.10 Å². The Morgan fingerprint density at radius 2 is 1.88 bits per heavy atom. The lowest BCUT2D eigenvalue weighted by Crippen LogP contribution is -2.20. The van der Waals surface area contributed by atoms with Crippen LogP contribution in [0.15, 0.2) is 29.2 Å². The maximum atomic E-state index is 9.16. The van der Waals surface area contributed by atoms with Crippen molar-refractivity contribution in [3.05, 3.63) is 29.8 Å². The van der Waals surface area contributed by atoms with Gasteiger partial charge in [0.05, 0.1) is 6.10 Å². The molecule has 1 aromatic rings. The van der Waals surface area contributed by atoms with E-state index in [1.54, 1.807) is 11.8 Å². The van der Waals surface area contributed by atoms with Gasteiger partial charge < -0.3 is 10.4 Å². The van der Waals surface area contributed by atoms with Crippen molar-refractivity contribution in [2.24, 2.45) is 0 Å². The van der Waals surface area contributed by atoms with E-state index in [2.05, 4.69) is 42.8 Å². The van der Waals surface area contributed by atoms with E-state index in [0.29, 0.717) is 6.04 Å². The van der Waals surface area contributed by atoms with Gasteiger partial charge in [-0.3, -0.25) is 0 Å². The molecule has 0 fully saturated rings. The van der Waals surface area contributed by atoms with Gasteiger partial charge in [-0.05, 0) is 57.2 Å². The highest BCUT2D eigenvalue weighted by Gasteiger charge is 2.04. The summed E-state index contributed by atoms with van der Waals surface area (Å²) < 4.78 is 0. The first-order valence-corrected chi connectivity index (χ1v) is 7.41. The molecule has 0 heterocycles. The smallest absolute Gasteiger partial charge is 0.0512 e.